The molecule has 0 aromatic heterocycles. The van der Waals surface area contributed by atoms with Gasteiger partial charge in [-0.25, -0.2) is 0 Å². The van der Waals surface area contributed by atoms with E-state index < -0.39 is 43.4 Å². The molecule has 0 aromatic carbocycles. The largest absolute Gasteiger partial charge is 0.457 e. The van der Waals surface area contributed by atoms with Gasteiger partial charge in [0.15, 0.2) is 6.29 Å². The normalized spacial score (nSPS) is 22.5. The lowest BCUT2D eigenvalue weighted by Gasteiger charge is -2.39. The number of hydrogen-bond acceptors (Lipinski definition) is 9. The van der Waals surface area contributed by atoms with Crippen LogP contribution in [0, 0.1) is 0 Å². The Morgan fingerprint density at radius 1 is 0.622 bits per heavy atom. The molecule has 9 nitrogen and oxygen atoms in total. The van der Waals surface area contributed by atoms with E-state index in [2.05, 4.69) is 13.8 Å². The van der Waals surface area contributed by atoms with Gasteiger partial charge in [0, 0.05) is 13.0 Å². The summed E-state index contributed by atoms with van der Waals surface area (Å²) in [6, 6.07) is 0. The highest BCUT2D eigenvalue weighted by Crippen LogP contribution is 2.22. The second-order valence-electron chi connectivity index (χ2n) is 13.0. The van der Waals surface area contributed by atoms with Gasteiger partial charge in [-0.1, -0.05) is 142 Å². The van der Waals surface area contributed by atoms with Crippen molar-refractivity contribution in [2.45, 2.75) is 198 Å². The summed E-state index contributed by atoms with van der Waals surface area (Å²) >= 11 is 0. The SMILES string of the molecule is CCCCCCCCCCCCCCCCCCOCC(COC1OC(CO)C(O)C(O)C1O)OC(=O)CCCCCCCC. The molecule has 0 saturated carbocycles. The van der Waals surface area contributed by atoms with Crippen LogP contribution >= 0.6 is 0 Å². The minimum Gasteiger partial charge on any atom is -0.457 e. The van der Waals surface area contributed by atoms with Crippen molar-refractivity contribution in [3.63, 3.8) is 0 Å². The molecular formula is C36H70O9. The molecule has 0 radical (unpaired) electrons. The Bertz CT molecular complexity index is 662. The molecule has 1 rings (SSSR count). The highest BCUT2D eigenvalue weighted by atomic mass is 16.7. The van der Waals surface area contributed by atoms with Crippen molar-refractivity contribution in [3.8, 4) is 0 Å². The van der Waals surface area contributed by atoms with E-state index in [1.165, 1.54) is 109 Å². The third-order valence-corrected chi connectivity index (χ3v) is 8.77. The summed E-state index contributed by atoms with van der Waals surface area (Å²) in [6.45, 7) is 4.51. The number of esters is 1. The molecule has 0 spiro atoms. The smallest absolute Gasteiger partial charge is 0.306 e. The van der Waals surface area contributed by atoms with Gasteiger partial charge in [-0.05, 0) is 12.8 Å². The van der Waals surface area contributed by atoms with E-state index in [0.29, 0.717) is 13.0 Å². The second-order valence-corrected chi connectivity index (χ2v) is 13.0. The van der Waals surface area contributed by atoms with Crippen LogP contribution in [0.4, 0.5) is 0 Å². The van der Waals surface area contributed by atoms with Crippen LogP contribution in [0.15, 0.2) is 0 Å². The molecule has 0 aliphatic carbocycles. The van der Waals surface area contributed by atoms with Crippen molar-refractivity contribution >= 4 is 5.97 Å². The lowest BCUT2D eigenvalue weighted by atomic mass is 9.99. The molecule has 6 unspecified atom stereocenters. The Balaban J connectivity index is 2.24. The van der Waals surface area contributed by atoms with Gasteiger partial charge in [0.05, 0.1) is 19.8 Å². The second kappa shape index (κ2) is 29.3. The molecule has 1 aliphatic rings. The fraction of sp³-hybridized carbons (Fsp3) is 0.972. The lowest BCUT2D eigenvalue weighted by Crippen LogP contribution is -2.59. The van der Waals surface area contributed by atoms with Gasteiger partial charge in [0.25, 0.3) is 0 Å². The minimum absolute atomic E-state index is 0.107. The zero-order valence-corrected chi connectivity index (χ0v) is 28.9. The Hall–Kier alpha value is -0.810. The quantitative estimate of drug-likeness (QED) is 0.0477. The zero-order chi connectivity index (χ0) is 33.0. The van der Waals surface area contributed by atoms with Crippen molar-refractivity contribution in [1.29, 1.82) is 0 Å². The van der Waals surface area contributed by atoms with E-state index >= 15 is 0 Å². The number of carbonyl (C=O) groups is 1. The Labute approximate surface area is 274 Å². The molecule has 1 saturated heterocycles. The van der Waals surface area contributed by atoms with Crippen LogP contribution < -0.4 is 0 Å². The monoisotopic (exact) mass is 647 g/mol. The summed E-state index contributed by atoms with van der Waals surface area (Å²) < 4.78 is 22.6. The van der Waals surface area contributed by atoms with Gasteiger partial charge in [0.1, 0.15) is 30.5 Å². The number of carbonyl (C=O) groups excluding carboxylic acids is 1. The van der Waals surface area contributed by atoms with Gasteiger partial charge in [-0.3, -0.25) is 4.79 Å². The third kappa shape index (κ3) is 21.6. The summed E-state index contributed by atoms with van der Waals surface area (Å²) in [5, 5.41) is 39.8. The van der Waals surface area contributed by atoms with Crippen LogP contribution in [-0.2, 0) is 23.7 Å². The van der Waals surface area contributed by atoms with Gasteiger partial charge in [0.2, 0.25) is 0 Å². The molecule has 1 aliphatic heterocycles. The predicted octanol–water partition coefficient (Wildman–Crippen LogP) is 6.74. The molecule has 1 heterocycles. The van der Waals surface area contributed by atoms with Gasteiger partial charge in [-0.15, -0.1) is 0 Å². The highest BCUT2D eigenvalue weighted by Gasteiger charge is 2.44. The maximum Gasteiger partial charge on any atom is 0.306 e. The summed E-state index contributed by atoms with van der Waals surface area (Å²) in [7, 11) is 0. The summed E-state index contributed by atoms with van der Waals surface area (Å²) in [5.74, 6) is -0.320. The van der Waals surface area contributed by atoms with Crippen molar-refractivity contribution in [2.24, 2.45) is 0 Å². The van der Waals surface area contributed by atoms with Crippen molar-refractivity contribution in [1.82, 2.24) is 0 Å². The number of ether oxygens (including phenoxy) is 4. The average Bonchev–Trinajstić information content (AvgIpc) is 3.04. The standard InChI is InChI=1S/C36H70O9/c1-3-5-7-9-11-12-13-14-15-16-17-18-19-20-22-24-26-42-28-30(44-32(38)25-23-21-10-8-6-4-2)29-43-36-35(41)34(40)33(39)31(27-37)45-36/h30-31,33-37,39-41H,3-29H2,1-2H3. The van der Waals surface area contributed by atoms with E-state index in [9.17, 15) is 25.2 Å². The van der Waals surface area contributed by atoms with Crippen LogP contribution in [0.2, 0.25) is 0 Å². The van der Waals surface area contributed by atoms with Crippen LogP contribution in [0.25, 0.3) is 0 Å². The van der Waals surface area contributed by atoms with E-state index in [4.69, 9.17) is 18.9 Å². The predicted molar refractivity (Wildman–Crippen MR) is 178 cm³/mol. The first-order valence-corrected chi connectivity index (χ1v) is 18.6. The first kappa shape index (κ1) is 42.2. The number of aliphatic hydroxyl groups is 4. The van der Waals surface area contributed by atoms with Gasteiger partial charge >= 0.3 is 5.97 Å². The molecule has 268 valence electrons. The first-order valence-electron chi connectivity index (χ1n) is 18.6. The fourth-order valence-electron chi connectivity index (χ4n) is 5.78. The number of hydrogen-bond donors (Lipinski definition) is 4. The maximum absolute atomic E-state index is 12.5. The zero-order valence-electron chi connectivity index (χ0n) is 28.9. The van der Waals surface area contributed by atoms with Crippen LogP contribution in [0.1, 0.15) is 162 Å². The number of aliphatic hydroxyl groups excluding tert-OH is 4. The van der Waals surface area contributed by atoms with Crippen molar-refractivity contribution in [2.75, 3.05) is 26.4 Å². The summed E-state index contributed by atoms with van der Waals surface area (Å²) in [4.78, 5) is 12.5. The molecule has 1 fully saturated rings. The molecule has 0 aromatic rings. The van der Waals surface area contributed by atoms with E-state index in [0.717, 1.165) is 32.1 Å². The Kier molecular flexibility index (Phi) is 27.5. The minimum atomic E-state index is -1.53. The molecular weight excluding hydrogens is 576 g/mol. The topological polar surface area (TPSA) is 135 Å². The van der Waals surface area contributed by atoms with Crippen molar-refractivity contribution in [3.05, 3.63) is 0 Å². The Morgan fingerprint density at radius 3 is 1.58 bits per heavy atom. The first-order chi connectivity index (χ1) is 21.9. The third-order valence-electron chi connectivity index (χ3n) is 8.77. The van der Waals surface area contributed by atoms with E-state index in [-0.39, 0.29) is 19.2 Å². The fourth-order valence-corrected chi connectivity index (χ4v) is 5.78. The molecule has 6 atom stereocenters. The number of unbranched alkanes of at least 4 members (excludes halogenated alkanes) is 20. The van der Waals surface area contributed by atoms with E-state index in [1.54, 1.807) is 0 Å². The van der Waals surface area contributed by atoms with Crippen LogP contribution in [-0.4, -0.2) is 89.6 Å². The molecule has 9 heteroatoms. The average molecular weight is 647 g/mol. The van der Waals surface area contributed by atoms with Crippen molar-refractivity contribution < 1.29 is 44.2 Å². The van der Waals surface area contributed by atoms with Crippen LogP contribution in [0.5, 0.6) is 0 Å². The summed E-state index contributed by atoms with van der Waals surface area (Å²) in [6.07, 6.45) is 20.1. The van der Waals surface area contributed by atoms with E-state index in [1.807, 2.05) is 0 Å². The van der Waals surface area contributed by atoms with Gasteiger partial charge < -0.3 is 39.4 Å². The lowest BCUT2D eigenvalue weighted by molar-refractivity contribution is -0.305. The maximum atomic E-state index is 12.5. The van der Waals surface area contributed by atoms with Gasteiger partial charge in [-0.2, -0.15) is 0 Å². The number of rotatable bonds is 31. The molecule has 45 heavy (non-hydrogen) atoms. The molecule has 0 bridgehead atoms. The molecule has 0 amide bonds. The highest BCUT2D eigenvalue weighted by molar-refractivity contribution is 5.69. The Morgan fingerprint density at radius 2 is 1.09 bits per heavy atom. The molecule has 4 N–H and O–H groups in total. The van der Waals surface area contributed by atoms with Crippen LogP contribution in [0.3, 0.4) is 0 Å². The summed E-state index contributed by atoms with van der Waals surface area (Å²) in [5.41, 5.74) is 0.